The molecule has 1 nitrogen and oxygen atoms in total. The highest BCUT2D eigenvalue weighted by atomic mass is 35.5. The van der Waals surface area contributed by atoms with Crippen molar-refractivity contribution in [2.45, 2.75) is 17.6 Å². The van der Waals surface area contributed by atoms with E-state index in [1.165, 1.54) is 0 Å². The summed E-state index contributed by atoms with van der Waals surface area (Å²) in [5.41, 5.74) is 8.86. The van der Waals surface area contributed by atoms with Gasteiger partial charge in [-0.2, -0.15) is 0 Å². The lowest BCUT2D eigenvalue weighted by atomic mass is 10.2. The summed E-state index contributed by atoms with van der Waals surface area (Å²) in [6.45, 7) is 2.02. The molecule has 94 valence electrons. The first kappa shape index (κ1) is 13.6. The van der Waals surface area contributed by atoms with Crippen molar-refractivity contribution in [3.63, 3.8) is 0 Å². The summed E-state index contributed by atoms with van der Waals surface area (Å²) in [4.78, 5) is 0.913. The van der Waals surface area contributed by atoms with Crippen molar-refractivity contribution < 1.29 is 0 Å². The lowest BCUT2D eigenvalue weighted by Crippen LogP contribution is -1.90. The van der Waals surface area contributed by atoms with Crippen LogP contribution in [0.25, 0.3) is 0 Å². The van der Waals surface area contributed by atoms with Gasteiger partial charge in [-0.3, -0.25) is 0 Å². The molecule has 0 saturated carbocycles. The number of halogens is 2. The van der Waals surface area contributed by atoms with Gasteiger partial charge >= 0.3 is 0 Å². The molecule has 0 radical (unpaired) electrons. The average Bonchev–Trinajstić information content (AvgIpc) is 2.31. The molecule has 0 aliphatic heterocycles. The topological polar surface area (TPSA) is 26.0 Å². The predicted molar refractivity (Wildman–Crippen MR) is 81.6 cm³/mol. The van der Waals surface area contributed by atoms with Gasteiger partial charge in [-0.25, -0.2) is 0 Å². The Morgan fingerprint density at radius 2 is 1.89 bits per heavy atom. The van der Waals surface area contributed by atoms with Crippen LogP contribution in [0.1, 0.15) is 11.1 Å². The van der Waals surface area contributed by atoms with Crippen LogP contribution >= 0.6 is 35.0 Å². The maximum Gasteiger partial charge on any atom is 0.0562 e. The van der Waals surface area contributed by atoms with Gasteiger partial charge in [0.15, 0.2) is 0 Å². The summed E-state index contributed by atoms with van der Waals surface area (Å²) in [7, 11) is 0. The molecule has 18 heavy (non-hydrogen) atoms. The van der Waals surface area contributed by atoms with Gasteiger partial charge in [-0.1, -0.05) is 41.4 Å². The maximum atomic E-state index is 6.20. The van der Waals surface area contributed by atoms with Crippen LogP contribution in [0.4, 0.5) is 5.69 Å². The molecule has 2 rings (SSSR count). The van der Waals surface area contributed by atoms with E-state index in [0.717, 1.165) is 26.8 Å². The minimum atomic E-state index is 0.684. The van der Waals surface area contributed by atoms with Gasteiger partial charge in [-0.05, 0) is 36.2 Å². The number of benzene rings is 2. The number of hydrogen-bond acceptors (Lipinski definition) is 2. The molecule has 0 atom stereocenters. The minimum Gasteiger partial charge on any atom is -0.398 e. The second kappa shape index (κ2) is 5.87. The van der Waals surface area contributed by atoms with Gasteiger partial charge in [0, 0.05) is 21.4 Å². The molecule has 0 aromatic heterocycles. The summed E-state index contributed by atoms with van der Waals surface area (Å²) >= 11 is 13.9. The Morgan fingerprint density at radius 3 is 2.56 bits per heavy atom. The number of rotatable bonds is 3. The van der Waals surface area contributed by atoms with Gasteiger partial charge in [0.05, 0.1) is 5.02 Å². The molecular weight excluding hydrogens is 285 g/mol. The molecule has 0 aliphatic carbocycles. The van der Waals surface area contributed by atoms with E-state index in [1.54, 1.807) is 11.8 Å². The molecule has 0 saturated heterocycles. The quantitative estimate of drug-likeness (QED) is 0.624. The monoisotopic (exact) mass is 297 g/mol. The van der Waals surface area contributed by atoms with Crippen molar-refractivity contribution >= 4 is 40.7 Å². The average molecular weight is 298 g/mol. The number of aryl methyl sites for hydroxylation is 1. The second-order valence-corrected chi connectivity index (χ2v) is 5.84. The summed E-state index contributed by atoms with van der Waals surface area (Å²) in [6.07, 6.45) is 0. The van der Waals surface area contributed by atoms with Gasteiger partial charge < -0.3 is 5.73 Å². The maximum absolute atomic E-state index is 6.20. The van der Waals surface area contributed by atoms with Gasteiger partial charge in [0.25, 0.3) is 0 Å². The number of nitrogens with two attached hydrogens (primary N) is 1. The smallest absolute Gasteiger partial charge is 0.0562 e. The van der Waals surface area contributed by atoms with E-state index >= 15 is 0 Å². The van der Waals surface area contributed by atoms with Gasteiger partial charge in [-0.15, -0.1) is 11.8 Å². The van der Waals surface area contributed by atoms with Gasteiger partial charge in [0.2, 0.25) is 0 Å². The van der Waals surface area contributed by atoms with Crippen LogP contribution in [0.5, 0.6) is 0 Å². The fraction of sp³-hybridized carbons (Fsp3) is 0.143. The minimum absolute atomic E-state index is 0.684. The third-order valence-corrected chi connectivity index (χ3v) is 4.56. The summed E-state index contributed by atoms with van der Waals surface area (Å²) < 4.78 is 0. The zero-order valence-corrected chi connectivity index (χ0v) is 12.2. The highest BCUT2D eigenvalue weighted by Crippen LogP contribution is 2.35. The van der Waals surface area contributed by atoms with E-state index in [9.17, 15) is 0 Å². The molecule has 2 aromatic carbocycles. The van der Waals surface area contributed by atoms with Gasteiger partial charge in [0.1, 0.15) is 0 Å². The molecule has 0 heterocycles. The Morgan fingerprint density at radius 1 is 1.11 bits per heavy atom. The normalized spacial score (nSPS) is 10.6. The molecule has 0 spiro atoms. The molecular formula is C14H13Cl2NS. The first-order valence-electron chi connectivity index (χ1n) is 5.50. The molecule has 0 aliphatic rings. The largest absolute Gasteiger partial charge is 0.398 e. The third-order valence-electron chi connectivity index (χ3n) is 2.58. The van der Waals surface area contributed by atoms with Crippen molar-refractivity contribution in [2.75, 3.05) is 5.73 Å². The first-order valence-corrected chi connectivity index (χ1v) is 7.24. The van der Waals surface area contributed by atoms with E-state index in [4.69, 9.17) is 28.9 Å². The standard InChI is InChI=1S/C14H13Cl2NS/c1-9-5-6-10(12(16)7-9)8-18-14-11(15)3-2-4-13(14)17/h2-7H,8,17H2,1H3. The highest BCUT2D eigenvalue weighted by Gasteiger charge is 2.07. The summed E-state index contributed by atoms with van der Waals surface area (Å²) in [5.74, 6) is 0.757. The Labute approximate surface area is 121 Å². The Kier molecular flexibility index (Phi) is 4.44. The summed E-state index contributed by atoms with van der Waals surface area (Å²) in [5, 5.41) is 1.47. The van der Waals surface area contributed by atoms with E-state index < -0.39 is 0 Å². The van der Waals surface area contributed by atoms with E-state index in [-0.39, 0.29) is 0 Å². The highest BCUT2D eigenvalue weighted by molar-refractivity contribution is 7.98. The Balaban J connectivity index is 2.16. The van der Waals surface area contributed by atoms with Crippen LogP contribution in [0.3, 0.4) is 0 Å². The zero-order valence-electron chi connectivity index (χ0n) is 9.91. The van der Waals surface area contributed by atoms with Crippen LogP contribution < -0.4 is 5.73 Å². The fourth-order valence-electron chi connectivity index (χ4n) is 1.60. The van der Waals surface area contributed by atoms with Crippen molar-refractivity contribution in [1.29, 1.82) is 0 Å². The van der Waals surface area contributed by atoms with Crippen LogP contribution in [0.2, 0.25) is 10.0 Å². The van der Waals surface area contributed by atoms with E-state index in [0.29, 0.717) is 10.7 Å². The second-order valence-electron chi connectivity index (χ2n) is 4.04. The fourth-order valence-corrected chi connectivity index (χ4v) is 3.32. The van der Waals surface area contributed by atoms with Crippen LogP contribution in [0.15, 0.2) is 41.3 Å². The van der Waals surface area contributed by atoms with Crippen LogP contribution in [-0.2, 0) is 5.75 Å². The lowest BCUT2D eigenvalue weighted by Gasteiger charge is -2.09. The molecule has 0 amide bonds. The van der Waals surface area contributed by atoms with Crippen molar-refractivity contribution in [1.82, 2.24) is 0 Å². The molecule has 4 heteroatoms. The zero-order chi connectivity index (χ0) is 13.1. The predicted octanol–water partition coefficient (Wildman–Crippen LogP) is 5.18. The molecule has 0 unspecified atom stereocenters. The SMILES string of the molecule is Cc1ccc(CSc2c(N)cccc2Cl)c(Cl)c1. The first-order chi connectivity index (χ1) is 8.58. The van der Waals surface area contributed by atoms with Crippen LogP contribution in [-0.4, -0.2) is 0 Å². The van der Waals surface area contributed by atoms with Crippen molar-refractivity contribution in [2.24, 2.45) is 0 Å². The molecule has 0 bridgehead atoms. The lowest BCUT2D eigenvalue weighted by molar-refractivity contribution is 1.35. The van der Waals surface area contributed by atoms with Crippen LogP contribution in [0, 0.1) is 6.92 Å². The Hall–Kier alpha value is -0.830. The van der Waals surface area contributed by atoms with E-state index in [1.807, 2.05) is 37.3 Å². The number of thioether (sulfide) groups is 1. The third kappa shape index (κ3) is 3.14. The molecule has 2 N–H and O–H groups in total. The van der Waals surface area contributed by atoms with E-state index in [2.05, 4.69) is 6.07 Å². The molecule has 0 fully saturated rings. The summed E-state index contributed by atoms with van der Waals surface area (Å²) in [6, 6.07) is 11.6. The number of anilines is 1. The molecule has 2 aromatic rings. The number of nitrogen functional groups attached to an aromatic ring is 1. The van der Waals surface area contributed by atoms with Crippen molar-refractivity contribution in [3.8, 4) is 0 Å². The Bertz CT molecular complexity index is 549. The van der Waals surface area contributed by atoms with Crippen molar-refractivity contribution in [3.05, 3.63) is 57.6 Å². The number of hydrogen-bond donors (Lipinski definition) is 1.